The normalized spacial score (nSPS) is 12.8. The molecule has 1 heterocycles. The Kier molecular flexibility index (Phi) is 8.94. The van der Waals surface area contributed by atoms with E-state index in [1.807, 2.05) is 49.6 Å². The minimum absolute atomic E-state index is 0.0416. The predicted molar refractivity (Wildman–Crippen MR) is 136 cm³/mol. The molecule has 11 heteroatoms. The van der Waals surface area contributed by atoms with Crippen molar-refractivity contribution in [1.29, 1.82) is 0 Å². The summed E-state index contributed by atoms with van der Waals surface area (Å²) < 4.78 is 48.1. The maximum atomic E-state index is 13.3. The quantitative estimate of drug-likeness (QED) is 0.284. The topological polar surface area (TPSA) is 69.0 Å². The number of hydrogen-bond donors (Lipinski definition) is 1. The predicted octanol–water partition coefficient (Wildman–Crippen LogP) is 7.53. The van der Waals surface area contributed by atoms with E-state index in [4.69, 9.17) is 16.3 Å². The number of alkyl halides is 3. The van der Waals surface area contributed by atoms with Crippen LogP contribution in [0.3, 0.4) is 0 Å². The molecule has 1 unspecified atom stereocenters. The number of ether oxygens (including phenoxy) is 1. The van der Waals surface area contributed by atoms with Gasteiger partial charge >= 0.3 is 6.18 Å². The summed E-state index contributed by atoms with van der Waals surface area (Å²) in [6.45, 7) is 9.96. The molecule has 0 spiro atoms. The summed E-state index contributed by atoms with van der Waals surface area (Å²) in [4.78, 5) is 12.5. The number of benzene rings is 2. The van der Waals surface area contributed by atoms with Crippen LogP contribution in [0.25, 0.3) is 0 Å². The number of amides is 1. The number of halogens is 4. The third kappa shape index (κ3) is 6.73. The van der Waals surface area contributed by atoms with E-state index in [1.54, 1.807) is 0 Å². The van der Waals surface area contributed by atoms with Crippen LogP contribution in [0.2, 0.25) is 5.02 Å². The minimum atomic E-state index is -4.66. The molecule has 1 amide bonds. The Hall–Kier alpha value is -2.72. The van der Waals surface area contributed by atoms with Crippen LogP contribution in [0.15, 0.2) is 47.6 Å². The molecule has 0 saturated carbocycles. The van der Waals surface area contributed by atoms with Gasteiger partial charge in [0, 0.05) is 11.1 Å². The molecule has 36 heavy (non-hydrogen) atoms. The van der Waals surface area contributed by atoms with Gasteiger partial charge in [-0.2, -0.15) is 13.2 Å². The van der Waals surface area contributed by atoms with Crippen molar-refractivity contribution >= 4 is 35.0 Å². The number of carbonyl (C=O) groups is 1. The van der Waals surface area contributed by atoms with Crippen LogP contribution in [-0.2, 0) is 11.0 Å². The Labute approximate surface area is 217 Å². The van der Waals surface area contributed by atoms with E-state index in [1.165, 1.54) is 6.07 Å². The van der Waals surface area contributed by atoms with E-state index >= 15 is 0 Å². The van der Waals surface area contributed by atoms with E-state index in [0.717, 1.165) is 35.2 Å². The van der Waals surface area contributed by atoms with Gasteiger partial charge in [0.05, 0.1) is 17.0 Å². The highest BCUT2D eigenvalue weighted by molar-refractivity contribution is 7.99. The largest absolute Gasteiger partial charge is 0.482 e. The van der Waals surface area contributed by atoms with Crippen molar-refractivity contribution in [2.45, 2.75) is 64.0 Å². The number of anilines is 1. The van der Waals surface area contributed by atoms with Gasteiger partial charge in [-0.05, 0) is 56.5 Å². The van der Waals surface area contributed by atoms with Crippen molar-refractivity contribution in [1.82, 2.24) is 14.8 Å². The zero-order valence-corrected chi connectivity index (χ0v) is 22.1. The van der Waals surface area contributed by atoms with Gasteiger partial charge in [-0.3, -0.25) is 4.79 Å². The van der Waals surface area contributed by atoms with Crippen LogP contribution in [0.1, 0.15) is 69.6 Å². The van der Waals surface area contributed by atoms with Crippen molar-refractivity contribution in [3.05, 3.63) is 64.4 Å². The lowest BCUT2D eigenvalue weighted by atomic mass is 10.0. The summed E-state index contributed by atoms with van der Waals surface area (Å²) in [5, 5.41) is 11.2. The fourth-order valence-corrected chi connectivity index (χ4v) is 4.68. The summed E-state index contributed by atoms with van der Waals surface area (Å²) in [7, 11) is 0. The molecule has 194 valence electrons. The maximum absolute atomic E-state index is 13.3. The summed E-state index contributed by atoms with van der Waals surface area (Å²) >= 11 is 6.79. The van der Waals surface area contributed by atoms with Crippen LogP contribution in [0, 0.1) is 0 Å². The van der Waals surface area contributed by atoms with Gasteiger partial charge in [0.25, 0.3) is 0 Å². The number of rotatable bonds is 9. The highest BCUT2D eigenvalue weighted by Gasteiger charge is 2.34. The third-order valence-corrected chi connectivity index (χ3v) is 6.49. The first-order valence-electron chi connectivity index (χ1n) is 11.4. The number of aromatic nitrogens is 3. The fourth-order valence-electron chi connectivity index (χ4n) is 3.63. The number of para-hydroxylation sites is 1. The summed E-state index contributed by atoms with van der Waals surface area (Å²) in [6.07, 6.45) is -5.08. The Balaban J connectivity index is 1.75. The summed E-state index contributed by atoms with van der Waals surface area (Å²) in [6, 6.07) is 11.0. The van der Waals surface area contributed by atoms with Crippen molar-refractivity contribution in [3.8, 4) is 5.75 Å². The molecule has 0 aliphatic heterocycles. The van der Waals surface area contributed by atoms with Crippen LogP contribution in [0.5, 0.6) is 5.75 Å². The highest BCUT2D eigenvalue weighted by atomic mass is 35.5. The van der Waals surface area contributed by atoms with Crippen molar-refractivity contribution in [2.75, 3.05) is 11.1 Å². The molecular weight excluding hydrogens is 513 g/mol. The number of carbonyl (C=O) groups excluding carboxylic acids is 1. The van der Waals surface area contributed by atoms with Gasteiger partial charge in [-0.25, -0.2) is 0 Å². The molecule has 0 fully saturated rings. The maximum Gasteiger partial charge on any atom is 0.418 e. The van der Waals surface area contributed by atoms with Crippen molar-refractivity contribution in [3.63, 3.8) is 0 Å². The molecule has 3 rings (SSSR count). The smallest absolute Gasteiger partial charge is 0.418 e. The number of hydrogen-bond acceptors (Lipinski definition) is 5. The third-order valence-electron chi connectivity index (χ3n) is 5.31. The molecule has 0 aliphatic rings. The zero-order chi connectivity index (χ0) is 26.6. The number of nitrogens with zero attached hydrogens (tertiary/aromatic N) is 3. The van der Waals surface area contributed by atoms with Crippen LogP contribution in [-0.4, -0.2) is 26.4 Å². The first kappa shape index (κ1) is 27.9. The second-order valence-corrected chi connectivity index (χ2v) is 10.2. The SMILES string of the molecule is CC(C)c1ccccc1OC(C)c1nnc(SCC(=O)Nc2ccc(Cl)cc2C(F)(F)F)n1C(C)C. The van der Waals surface area contributed by atoms with E-state index in [2.05, 4.69) is 29.4 Å². The number of nitrogens with one attached hydrogen (secondary N) is 1. The number of thioether (sulfide) groups is 1. The Bertz CT molecular complexity index is 1210. The van der Waals surface area contributed by atoms with Gasteiger partial charge in [-0.1, -0.05) is 55.4 Å². The van der Waals surface area contributed by atoms with Gasteiger partial charge in [0.2, 0.25) is 5.91 Å². The van der Waals surface area contributed by atoms with Crippen LogP contribution >= 0.6 is 23.4 Å². The molecule has 3 aromatic rings. The molecule has 0 radical (unpaired) electrons. The summed E-state index contributed by atoms with van der Waals surface area (Å²) in [5.74, 6) is 0.858. The first-order chi connectivity index (χ1) is 16.9. The molecule has 1 aromatic heterocycles. The fraction of sp³-hybridized carbons (Fsp3) is 0.400. The standard InChI is InChI=1S/C25H28ClF3N4O2S/c1-14(2)18-8-6-7-9-21(18)35-16(5)23-31-32-24(33(23)15(3)4)36-13-22(34)30-20-11-10-17(26)12-19(20)25(27,28)29/h6-12,14-16H,13H2,1-5H3,(H,30,34). The lowest BCUT2D eigenvalue weighted by Crippen LogP contribution is -2.19. The van der Waals surface area contributed by atoms with Crippen molar-refractivity contribution in [2.24, 2.45) is 0 Å². The van der Waals surface area contributed by atoms with Crippen molar-refractivity contribution < 1.29 is 22.7 Å². The molecule has 0 bridgehead atoms. The molecule has 6 nitrogen and oxygen atoms in total. The van der Waals surface area contributed by atoms with Gasteiger partial charge in [0.15, 0.2) is 17.1 Å². The van der Waals surface area contributed by atoms with Gasteiger partial charge in [0.1, 0.15) is 5.75 Å². The average molecular weight is 541 g/mol. The van der Waals surface area contributed by atoms with E-state index in [-0.39, 0.29) is 28.4 Å². The van der Waals surface area contributed by atoms with E-state index in [9.17, 15) is 18.0 Å². The Morgan fingerprint density at radius 3 is 2.44 bits per heavy atom. The van der Waals surface area contributed by atoms with E-state index < -0.39 is 23.8 Å². The molecule has 1 atom stereocenters. The minimum Gasteiger partial charge on any atom is -0.482 e. The lowest BCUT2D eigenvalue weighted by molar-refractivity contribution is -0.137. The second kappa shape index (κ2) is 11.6. The second-order valence-electron chi connectivity index (χ2n) is 8.78. The Morgan fingerprint density at radius 2 is 1.81 bits per heavy atom. The first-order valence-corrected chi connectivity index (χ1v) is 12.7. The molecule has 1 N–H and O–H groups in total. The monoisotopic (exact) mass is 540 g/mol. The molecular formula is C25H28ClF3N4O2S. The molecule has 2 aromatic carbocycles. The highest BCUT2D eigenvalue weighted by Crippen LogP contribution is 2.37. The average Bonchev–Trinajstić information content (AvgIpc) is 3.23. The lowest BCUT2D eigenvalue weighted by Gasteiger charge is -2.21. The Morgan fingerprint density at radius 1 is 1.11 bits per heavy atom. The van der Waals surface area contributed by atoms with Gasteiger partial charge < -0.3 is 14.6 Å². The molecule has 0 aliphatic carbocycles. The zero-order valence-electron chi connectivity index (χ0n) is 20.6. The summed E-state index contributed by atoms with van der Waals surface area (Å²) in [5.41, 5.74) is -0.283. The van der Waals surface area contributed by atoms with E-state index in [0.29, 0.717) is 11.0 Å². The van der Waals surface area contributed by atoms with Gasteiger partial charge in [-0.15, -0.1) is 10.2 Å². The van der Waals surface area contributed by atoms with Crippen LogP contribution in [0.4, 0.5) is 18.9 Å². The van der Waals surface area contributed by atoms with Crippen LogP contribution < -0.4 is 10.1 Å². The molecule has 0 saturated heterocycles.